The summed E-state index contributed by atoms with van der Waals surface area (Å²) in [7, 11) is 0. The fourth-order valence-corrected chi connectivity index (χ4v) is 1.86. The number of amides is 1. The Balaban J connectivity index is 2.01. The van der Waals surface area contributed by atoms with Crippen LogP contribution in [0.2, 0.25) is 0 Å². The number of halogens is 1. The van der Waals surface area contributed by atoms with E-state index < -0.39 is 0 Å². The molecule has 0 unspecified atom stereocenters. The van der Waals surface area contributed by atoms with Crippen molar-refractivity contribution in [1.82, 2.24) is 10.2 Å². The molecule has 2 aromatic rings. The van der Waals surface area contributed by atoms with Crippen molar-refractivity contribution < 1.29 is 9.18 Å². The zero-order chi connectivity index (χ0) is 13.0. The third-order valence-electron chi connectivity index (χ3n) is 2.08. The van der Waals surface area contributed by atoms with E-state index in [1.54, 1.807) is 25.1 Å². The summed E-state index contributed by atoms with van der Waals surface area (Å²) >= 11 is 1.28. The molecule has 0 saturated heterocycles. The Bertz CT molecular complexity index is 595. The molecule has 4 nitrogen and oxygen atoms in total. The highest BCUT2D eigenvalue weighted by Gasteiger charge is 2.03. The molecule has 0 fully saturated rings. The Morgan fingerprint density at radius 2 is 2.17 bits per heavy atom. The third-order valence-corrected chi connectivity index (χ3v) is 2.83. The average Bonchev–Trinajstić information content (AvgIpc) is 2.74. The number of nitrogens with one attached hydrogen (secondary N) is 1. The van der Waals surface area contributed by atoms with Crippen LogP contribution < -0.4 is 5.32 Å². The van der Waals surface area contributed by atoms with E-state index in [0.29, 0.717) is 10.7 Å². The molecule has 0 saturated carbocycles. The molecular formula is C12H10FN3OS. The Labute approximate surface area is 107 Å². The zero-order valence-electron chi connectivity index (χ0n) is 9.55. The van der Waals surface area contributed by atoms with Crippen molar-refractivity contribution in [2.45, 2.75) is 6.92 Å². The van der Waals surface area contributed by atoms with Gasteiger partial charge in [0.15, 0.2) is 0 Å². The van der Waals surface area contributed by atoms with Crippen LogP contribution in [0.5, 0.6) is 0 Å². The molecular weight excluding hydrogens is 253 g/mol. The molecule has 1 aromatic heterocycles. The Morgan fingerprint density at radius 3 is 2.83 bits per heavy atom. The molecule has 18 heavy (non-hydrogen) atoms. The van der Waals surface area contributed by atoms with Crippen LogP contribution in [0.25, 0.3) is 6.08 Å². The second-order valence-electron chi connectivity index (χ2n) is 3.47. The molecule has 1 heterocycles. The SMILES string of the molecule is Cc1nnc(NC(=O)C=Cc2ccccc2F)s1. The van der Waals surface area contributed by atoms with Crippen molar-refractivity contribution in [1.29, 1.82) is 0 Å². The number of rotatable bonds is 3. The highest BCUT2D eigenvalue weighted by molar-refractivity contribution is 7.15. The number of aromatic nitrogens is 2. The summed E-state index contributed by atoms with van der Waals surface area (Å²) in [5.74, 6) is -0.734. The molecule has 92 valence electrons. The molecule has 1 amide bonds. The van der Waals surface area contributed by atoms with Gasteiger partial charge in [-0.25, -0.2) is 4.39 Å². The van der Waals surface area contributed by atoms with Crippen LogP contribution in [0.15, 0.2) is 30.3 Å². The van der Waals surface area contributed by atoms with E-state index in [2.05, 4.69) is 15.5 Å². The minimum absolute atomic E-state index is 0.362. The summed E-state index contributed by atoms with van der Waals surface area (Å²) < 4.78 is 13.3. The van der Waals surface area contributed by atoms with Gasteiger partial charge in [0.2, 0.25) is 11.0 Å². The van der Waals surface area contributed by atoms with Crippen LogP contribution in [0.3, 0.4) is 0 Å². The summed E-state index contributed by atoms with van der Waals surface area (Å²) in [5, 5.41) is 11.3. The first kappa shape index (κ1) is 12.4. The predicted molar refractivity (Wildman–Crippen MR) is 68.7 cm³/mol. The molecule has 1 aromatic carbocycles. The lowest BCUT2D eigenvalue weighted by molar-refractivity contribution is -0.111. The number of carbonyl (C=O) groups is 1. The van der Waals surface area contributed by atoms with Crippen LogP contribution in [0.1, 0.15) is 10.6 Å². The van der Waals surface area contributed by atoms with Crippen LogP contribution in [-0.4, -0.2) is 16.1 Å². The van der Waals surface area contributed by atoms with Gasteiger partial charge in [-0.3, -0.25) is 10.1 Å². The smallest absolute Gasteiger partial charge is 0.250 e. The molecule has 0 radical (unpaired) electrons. The van der Waals surface area contributed by atoms with Gasteiger partial charge in [0.25, 0.3) is 0 Å². The van der Waals surface area contributed by atoms with Crippen LogP contribution >= 0.6 is 11.3 Å². The molecule has 0 aliphatic carbocycles. The molecule has 0 atom stereocenters. The minimum atomic E-state index is -0.367. The summed E-state index contributed by atoms with van der Waals surface area (Å²) in [5.41, 5.74) is 0.362. The largest absolute Gasteiger partial charge is 0.297 e. The maximum Gasteiger partial charge on any atom is 0.250 e. The van der Waals surface area contributed by atoms with E-state index in [9.17, 15) is 9.18 Å². The topological polar surface area (TPSA) is 54.9 Å². The fourth-order valence-electron chi connectivity index (χ4n) is 1.27. The number of hydrogen-bond acceptors (Lipinski definition) is 4. The summed E-state index contributed by atoms with van der Waals surface area (Å²) in [6.45, 7) is 1.79. The monoisotopic (exact) mass is 263 g/mol. The van der Waals surface area contributed by atoms with Gasteiger partial charge >= 0.3 is 0 Å². The number of nitrogens with zero attached hydrogens (tertiary/aromatic N) is 2. The first-order chi connectivity index (χ1) is 8.65. The van der Waals surface area contributed by atoms with Crippen molar-refractivity contribution in [3.63, 3.8) is 0 Å². The second kappa shape index (κ2) is 5.50. The minimum Gasteiger partial charge on any atom is -0.297 e. The van der Waals surface area contributed by atoms with Crippen molar-refractivity contribution in [2.75, 3.05) is 5.32 Å². The number of anilines is 1. The normalized spacial score (nSPS) is 10.8. The zero-order valence-corrected chi connectivity index (χ0v) is 10.4. The standard InChI is InChI=1S/C12H10FN3OS/c1-8-15-16-12(18-8)14-11(17)7-6-9-4-2-3-5-10(9)13/h2-7H,1H3,(H,14,16,17). The van der Waals surface area contributed by atoms with Gasteiger partial charge < -0.3 is 0 Å². The number of carbonyl (C=O) groups excluding carboxylic acids is 1. The molecule has 0 aliphatic heterocycles. The highest BCUT2D eigenvalue weighted by Crippen LogP contribution is 2.14. The van der Waals surface area contributed by atoms with Gasteiger partial charge in [-0.2, -0.15) is 0 Å². The first-order valence-electron chi connectivity index (χ1n) is 5.19. The molecule has 0 bridgehead atoms. The molecule has 0 spiro atoms. The number of benzene rings is 1. The lowest BCUT2D eigenvalue weighted by Crippen LogP contribution is -2.07. The van der Waals surface area contributed by atoms with Gasteiger partial charge in [0.05, 0.1) is 0 Å². The fraction of sp³-hybridized carbons (Fsp3) is 0.0833. The Morgan fingerprint density at radius 1 is 1.39 bits per heavy atom. The van der Waals surface area contributed by atoms with Gasteiger partial charge in [-0.05, 0) is 19.1 Å². The third kappa shape index (κ3) is 3.21. The molecule has 2 rings (SSSR count). The predicted octanol–water partition coefficient (Wildman–Crippen LogP) is 2.64. The quantitative estimate of drug-likeness (QED) is 0.866. The maximum absolute atomic E-state index is 13.3. The van der Waals surface area contributed by atoms with Crippen molar-refractivity contribution in [3.8, 4) is 0 Å². The lowest BCUT2D eigenvalue weighted by Gasteiger charge is -1.96. The summed E-state index contributed by atoms with van der Waals surface area (Å²) in [6.07, 6.45) is 2.67. The Hall–Kier alpha value is -2.08. The van der Waals surface area contributed by atoms with E-state index in [-0.39, 0.29) is 11.7 Å². The van der Waals surface area contributed by atoms with E-state index in [4.69, 9.17) is 0 Å². The van der Waals surface area contributed by atoms with E-state index in [1.807, 2.05) is 0 Å². The summed E-state index contributed by atoms with van der Waals surface area (Å²) in [6, 6.07) is 6.23. The number of aryl methyl sites for hydroxylation is 1. The number of hydrogen-bond donors (Lipinski definition) is 1. The maximum atomic E-state index is 13.3. The lowest BCUT2D eigenvalue weighted by atomic mass is 10.2. The average molecular weight is 263 g/mol. The first-order valence-corrected chi connectivity index (χ1v) is 6.00. The van der Waals surface area contributed by atoms with Gasteiger partial charge in [0, 0.05) is 11.6 Å². The van der Waals surface area contributed by atoms with Gasteiger partial charge in [-0.1, -0.05) is 29.5 Å². The van der Waals surface area contributed by atoms with Crippen LogP contribution in [0.4, 0.5) is 9.52 Å². The van der Waals surface area contributed by atoms with Crippen LogP contribution in [0, 0.1) is 12.7 Å². The van der Waals surface area contributed by atoms with Gasteiger partial charge in [0.1, 0.15) is 10.8 Å². The molecule has 6 heteroatoms. The summed E-state index contributed by atoms with van der Waals surface area (Å²) in [4.78, 5) is 11.5. The van der Waals surface area contributed by atoms with E-state index in [1.165, 1.54) is 29.6 Å². The van der Waals surface area contributed by atoms with Crippen LogP contribution in [-0.2, 0) is 4.79 Å². The van der Waals surface area contributed by atoms with E-state index >= 15 is 0 Å². The molecule has 0 aliphatic rings. The van der Waals surface area contributed by atoms with Crippen molar-refractivity contribution in [3.05, 3.63) is 46.7 Å². The van der Waals surface area contributed by atoms with E-state index in [0.717, 1.165) is 5.01 Å². The van der Waals surface area contributed by atoms with Gasteiger partial charge in [-0.15, -0.1) is 10.2 Å². The van der Waals surface area contributed by atoms with Crippen molar-refractivity contribution in [2.24, 2.45) is 0 Å². The highest BCUT2D eigenvalue weighted by atomic mass is 32.1. The second-order valence-corrected chi connectivity index (χ2v) is 4.65. The molecule has 1 N–H and O–H groups in total. The van der Waals surface area contributed by atoms with Crippen molar-refractivity contribution >= 4 is 28.5 Å². The Kier molecular flexibility index (Phi) is 3.78.